The first kappa shape index (κ1) is 21.8. The number of carbonyl (C=O) groups is 3. The van der Waals surface area contributed by atoms with Crippen molar-refractivity contribution in [2.45, 2.75) is 45.6 Å². The minimum Gasteiger partial charge on any atom is -0.507 e. The summed E-state index contributed by atoms with van der Waals surface area (Å²) in [6.45, 7) is 6.50. The van der Waals surface area contributed by atoms with Crippen LogP contribution in [0.5, 0.6) is 5.75 Å². The van der Waals surface area contributed by atoms with Crippen LogP contribution in [-0.2, 0) is 9.53 Å². The lowest BCUT2D eigenvalue weighted by Crippen LogP contribution is -2.44. The van der Waals surface area contributed by atoms with Gasteiger partial charge in [-0.3, -0.25) is 20.4 Å². The predicted octanol–water partition coefficient (Wildman–Crippen LogP) is 2.84. The molecule has 0 aromatic heterocycles. The monoisotopic (exact) mass is 411 g/mol. The molecule has 0 radical (unpaired) electrons. The average molecular weight is 412 g/mol. The maximum atomic E-state index is 12.1. The molecule has 0 bridgehead atoms. The molecule has 3 amide bonds. The Morgan fingerprint density at radius 1 is 1.21 bits per heavy atom. The van der Waals surface area contributed by atoms with Gasteiger partial charge in [-0.15, -0.1) is 0 Å². The van der Waals surface area contributed by atoms with Gasteiger partial charge in [-0.05, 0) is 57.7 Å². The Bertz CT molecular complexity index is 740. The number of phenolic OH excluding ortho intramolecular Hbond substituents is 1. The van der Waals surface area contributed by atoms with E-state index < -0.39 is 11.5 Å². The molecule has 1 aromatic carbocycles. The Hall–Kier alpha value is -2.48. The number of halogens is 1. The van der Waals surface area contributed by atoms with E-state index in [1.165, 1.54) is 18.2 Å². The molecule has 1 aliphatic heterocycles. The molecule has 1 aliphatic rings. The van der Waals surface area contributed by atoms with E-state index in [1.807, 2.05) is 20.8 Å². The number of phenols is 1. The maximum absolute atomic E-state index is 12.1. The van der Waals surface area contributed by atoms with Crippen molar-refractivity contribution in [2.24, 2.45) is 5.92 Å². The van der Waals surface area contributed by atoms with Gasteiger partial charge in [0.25, 0.3) is 5.91 Å². The number of benzene rings is 1. The summed E-state index contributed by atoms with van der Waals surface area (Å²) in [5.41, 5.74) is 4.04. The highest BCUT2D eigenvalue weighted by Gasteiger charge is 2.27. The van der Waals surface area contributed by atoms with Crippen molar-refractivity contribution in [3.63, 3.8) is 0 Å². The van der Waals surface area contributed by atoms with Crippen molar-refractivity contribution >= 4 is 29.5 Å². The van der Waals surface area contributed by atoms with Crippen molar-refractivity contribution in [1.29, 1.82) is 0 Å². The van der Waals surface area contributed by atoms with E-state index in [-0.39, 0.29) is 35.7 Å². The lowest BCUT2D eigenvalue weighted by Gasteiger charge is -2.33. The van der Waals surface area contributed by atoms with Gasteiger partial charge >= 0.3 is 6.09 Å². The zero-order valence-corrected chi connectivity index (χ0v) is 17.0. The number of nitrogens with zero attached hydrogens (tertiary/aromatic N) is 1. The van der Waals surface area contributed by atoms with E-state index in [9.17, 15) is 19.5 Å². The fourth-order valence-corrected chi connectivity index (χ4v) is 3.02. The number of hydrogen-bond donors (Lipinski definition) is 3. The molecule has 3 N–H and O–H groups in total. The van der Waals surface area contributed by atoms with Crippen molar-refractivity contribution in [1.82, 2.24) is 15.8 Å². The van der Waals surface area contributed by atoms with Crippen LogP contribution in [0.2, 0.25) is 5.02 Å². The minimum atomic E-state index is -0.659. The lowest BCUT2D eigenvalue weighted by atomic mass is 9.93. The molecular weight excluding hydrogens is 386 g/mol. The van der Waals surface area contributed by atoms with Crippen molar-refractivity contribution < 1.29 is 24.2 Å². The number of hydrogen-bond acceptors (Lipinski definition) is 5. The number of ether oxygens (including phenoxy) is 1. The molecular formula is C19H26ClN3O5. The van der Waals surface area contributed by atoms with Gasteiger partial charge in [0, 0.05) is 24.5 Å². The van der Waals surface area contributed by atoms with E-state index in [1.54, 1.807) is 4.90 Å². The van der Waals surface area contributed by atoms with Crippen LogP contribution in [-0.4, -0.2) is 46.6 Å². The zero-order valence-electron chi connectivity index (χ0n) is 16.3. The Kier molecular flexibility index (Phi) is 7.12. The third kappa shape index (κ3) is 6.60. The summed E-state index contributed by atoms with van der Waals surface area (Å²) in [7, 11) is 0. The first-order valence-corrected chi connectivity index (χ1v) is 9.48. The number of rotatable bonds is 3. The van der Waals surface area contributed by atoms with Gasteiger partial charge in [-0.2, -0.15) is 0 Å². The van der Waals surface area contributed by atoms with E-state index in [0.29, 0.717) is 31.0 Å². The standard InChI is InChI=1S/C19H26ClN3O5/c1-19(2,3)28-18(27)23-8-6-12(7-9-23)10-16(25)21-22-17(26)14-11-13(20)4-5-15(14)24/h4-5,11-12,24H,6-10H2,1-3H3,(H,21,25)(H,22,26). The van der Waals surface area contributed by atoms with Crippen LogP contribution in [0.15, 0.2) is 18.2 Å². The summed E-state index contributed by atoms with van der Waals surface area (Å²) >= 11 is 5.81. The van der Waals surface area contributed by atoms with Gasteiger partial charge in [0.2, 0.25) is 5.91 Å². The molecule has 1 heterocycles. The van der Waals surface area contributed by atoms with E-state index in [4.69, 9.17) is 16.3 Å². The molecule has 0 atom stereocenters. The quantitative estimate of drug-likeness (QED) is 0.663. The average Bonchev–Trinajstić information content (AvgIpc) is 2.61. The molecule has 154 valence electrons. The first-order valence-electron chi connectivity index (χ1n) is 9.11. The second-order valence-electron chi connectivity index (χ2n) is 7.78. The Morgan fingerprint density at radius 3 is 2.46 bits per heavy atom. The number of aromatic hydroxyl groups is 1. The third-order valence-electron chi connectivity index (χ3n) is 4.26. The molecule has 1 fully saturated rings. The largest absolute Gasteiger partial charge is 0.507 e. The Morgan fingerprint density at radius 2 is 1.86 bits per heavy atom. The van der Waals surface area contributed by atoms with E-state index >= 15 is 0 Å². The molecule has 9 heteroatoms. The van der Waals surface area contributed by atoms with Crippen molar-refractivity contribution in [2.75, 3.05) is 13.1 Å². The third-order valence-corrected chi connectivity index (χ3v) is 4.49. The summed E-state index contributed by atoms with van der Waals surface area (Å²) in [4.78, 5) is 37.8. The lowest BCUT2D eigenvalue weighted by molar-refractivity contribution is -0.123. The fraction of sp³-hybridized carbons (Fsp3) is 0.526. The summed E-state index contributed by atoms with van der Waals surface area (Å²) in [5.74, 6) is -1.13. The highest BCUT2D eigenvalue weighted by molar-refractivity contribution is 6.31. The maximum Gasteiger partial charge on any atom is 0.410 e. The van der Waals surface area contributed by atoms with Crippen LogP contribution in [0, 0.1) is 5.92 Å². The van der Waals surface area contributed by atoms with Crippen LogP contribution in [0.1, 0.15) is 50.4 Å². The van der Waals surface area contributed by atoms with Gasteiger partial charge in [-0.25, -0.2) is 4.79 Å². The summed E-state index contributed by atoms with van der Waals surface area (Å²) < 4.78 is 5.35. The fourth-order valence-electron chi connectivity index (χ4n) is 2.84. The van der Waals surface area contributed by atoms with Crippen LogP contribution in [0.3, 0.4) is 0 Å². The molecule has 0 aliphatic carbocycles. The Labute approximate surface area is 169 Å². The van der Waals surface area contributed by atoms with Crippen molar-refractivity contribution in [3.05, 3.63) is 28.8 Å². The van der Waals surface area contributed by atoms with Gasteiger partial charge in [0.1, 0.15) is 11.4 Å². The van der Waals surface area contributed by atoms with Gasteiger partial charge < -0.3 is 14.7 Å². The second kappa shape index (κ2) is 9.14. The zero-order chi connectivity index (χ0) is 20.9. The molecule has 0 saturated carbocycles. The van der Waals surface area contributed by atoms with Gasteiger partial charge in [-0.1, -0.05) is 11.6 Å². The normalized spacial score (nSPS) is 15.1. The molecule has 1 aromatic rings. The minimum absolute atomic E-state index is 0.0292. The van der Waals surface area contributed by atoms with Gasteiger partial charge in [0.15, 0.2) is 0 Å². The number of nitrogens with one attached hydrogen (secondary N) is 2. The van der Waals surface area contributed by atoms with Crippen LogP contribution in [0.4, 0.5) is 4.79 Å². The number of amides is 3. The molecule has 0 spiro atoms. The smallest absolute Gasteiger partial charge is 0.410 e. The van der Waals surface area contributed by atoms with Crippen molar-refractivity contribution in [3.8, 4) is 5.75 Å². The van der Waals surface area contributed by atoms with Crippen LogP contribution < -0.4 is 10.9 Å². The second-order valence-corrected chi connectivity index (χ2v) is 8.22. The molecule has 28 heavy (non-hydrogen) atoms. The molecule has 8 nitrogen and oxygen atoms in total. The molecule has 1 saturated heterocycles. The first-order chi connectivity index (χ1) is 13.0. The number of carbonyl (C=O) groups excluding carboxylic acids is 3. The Balaban J connectivity index is 1.75. The molecule has 0 unspecified atom stereocenters. The van der Waals surface area contributed by atoms with E-state index in [0.717, 1.165) is 0 Å². The highest BCUT2D eigenvalue weighted by Crippen LogP contribution is 2.23. The topological polar surface area (TPSA) is 108 Å². The SMILES string of the molecule is CC(C)(C)OC(=O)N1CCC(CC(=O)NNC(=O)c2cc(Cl)ccc2O)CC1. The number of piperidine rings is 1. The summed E-state index contributed by atoms with van der Waals surface area (Å²) in [6, 6.07) is 4.07. The predicted molar refractivity (Wildman–Crippen MR) is 104 cm³/mol. The number of likely N-dealkylation sites (tertiary alicyclic amines) is 1. The molecule has 2 rings (SSSR count). The number of hydrazine groups is 1. The summed E-state index contributed by atoms with van der Waals surface area (Å²) in [6.07, 6.45) is 1.24. The van der Waals surface area contributed by atoms with Gasteiger partial charge in [0.05, 0.1) is 5.56 Å². The van der Waals surface area contributed by atoms with Crippen LogP contribution >= 0.6 is 11.6 Å². The summed E-state index contributed by atoms with van der Waals surface area (Å²) in [5, 5.41) is 9.99. The highest BCUT2D eigenvalue weighted by atomic mass is 35.5. The van der Waals surface area contributed by atoms with E-state index in [2.05, 4.69) is 10.9 Å². The van der Waals surface area contributed by atoms with Crippen LogP contribution in [0.25, 0.3) is 0 Å².